The summed E-state index contributed by atoms with van der Waals surface area (Å²) in [5.41, 5.74) is 8.32. The van der Waals surface area contributed by atoms with Gasteiger partial charge in [0, 0.05) is 69.7 Å². The molecule has 0 saturated carbocycles. The Labute approximate surface area is 417 Å². The number of hydrogen-bond donors (Lipinski definition) is 4. The second kappa shape index (κ2) is 21.3. The lowest BCUT2D eigenvalue weighted by Gasteiger charge is -2.45. The summed E-state index contributed by atoms with van der Waals surface area (Å²) in [6.45, 7) is 12.8. The molecular weight excluding hydrogens is 921 g/mol. The van der Waals surface area contributed by atoms with Gasteiger partial charge in [-0.25, -0.2) is 15.0 Å². The number of aromatic nitrogens is 6. The van der Waals surface area contributed by atoms with Crippen molar-refractivity contribution in [2.45, 2.75) is 89.4 Å². The Kier molecular flexibility index (Phi) is 14.4. The number of carbonyl (C=O) groups is 2. The Morgan fingerprint density at radius 3 is 2.54 bits per heavy atom. The highest BCUT2D eigenvalue weighted by atomic mass is 32.1. The van der Waals surface area contributed by atoms with Crippen molar-refractivity contribution in [3.8, 4) is 33.3 Å². The largest absolute Gasteiger partial charge is 0.507 e. The number of β-amino-alcohol motifs (C(OH)–C–C–N with tert-alkyl or cyclic N) is 1. The number of fused-ring (bicyclic) bond motifs is 3. The number of aromatic hydroxyl groups is 1. The second-order valence-electron chi connectivity index (χ2n) is 19.5. The molecule has 372 valence electrons. The average Bonchev–Trinajstić information content (AvgIpc) is 4.15. The molecule has 3 fully saturated rings. The second-order valence-corrected chi connectivity index (χ2v) is 20.4. The predicted molar refractivity (Wildman–Crippen MR) is 270 cm³/mol. The molecule has 8 heterocycles. The number of piperidine rings is 1. The minimum absolute atomic E-state index is 0.0667. The van der Waals surface area contributed by atoms with E-state index in [9.17, 15) is 19.8 Å². The molecule has 1 unspecified atom stereocenters. The van der Waals surface area contributed by atoms with Gasteiger partial charge in [0.2, 0.25) is 17.8 Å². The van der Waals surface area contributed by atoms with Crippen LogP contribution in [0.5, 0.6) is 11.6 Å². The van der Waals surface area contributed by atoms with E-state index in [1.165, 1.54) is 10.5 Å². The van der Waals surface area contributed by atoms with Crippen molar-refractivity contribution in [1.29, 1.82) is 0 Å². The number of rotatable bonds is 16. The van der Waals surface area contributed by atoms with Crippen molar-refractivity contribution in [1.82, 2.24) is 45.4 Å². The third-order valence-corrected chi connectivity index (χ3v) is 15.4. The summed E-state index contributed by atoms with van der Waals surface area (Å²) in [4.78, 5) is 51.5. The molecule has 10 rings (SSSR count). The molecule has 0 bridgehead atoms. The molecule has 2 amide bonds. The third-order valence-electron chi connectivity index (χ3n) is 14.4. The maximum absolute atomic E-state index is 14.1. The summed E-state index contributed by atoms with van der Waals surface area (Å²) >= 11 is 1.59. The first-order valence-electron chi connectivity index (χ1n) is 24.9. The zero-order valence-corrected chi connectivity index (χ0v) is 41.3. The summed E-state index contributed by atoms with van der Waals surface area (Å²) in [5.74, 6) is 1.39. The number of ether oxygens (including phenoxy) is 1. The molecular formula is C52H62N12O6S. The Balaban J connectivity index is 0.644. The fourth-order valence-corrected chi connectivity index (χ4v) is 11.3. The van der Waals surface area contributed by atoms with Gasteiger partial charge in [-0.1, -0.05) is 50.2 Å². The zero-order valence-electron chi connectivity index (χ0n) is 40.5. The van der Waals surface area contributed by atoms with Gasteiger partial charge in [-0.2, -0.15) is 0 Å². The highest BCUT2D eigenvalue weighted by molar-refractivity contribution is 7.13. The van der Waals surface area contributed by atoms with E-state index in [0.29, 0.717) is 42.0 Å². The van der Waals surface area contributed by atoms with Gasteiger partial charge in [0.15, 0.2) is 11.6 Å². The molecule has 4 N–H and O–H groups in total. The van der Waals surface area contributed by atoms with Crippen LogP contribution in [-0.4, -0.2) is 139 Å². The van der Waals surface area contributed by atoms with Gasteiger partial charge in [0.25, 0.3) is 5.88 Å². The molecule has 19 heteroatoms. The normalized spacial score (nSPS) is 19.8. The summed E-state index contributed by atoms with van der Waals surface area (Å²) in [6.07, 6.45) is 7.31. The van der Waals surface area contributed by atoms with Crippen LogP contribution in [-0.2, 0) is 16.1 Å². The van der Waals surface area contributed by atoms with Gasteiger partial charge in [0.05, 0.1) is 46.2 Å². The molecule has 2 aromatic carbocycles. The van der Waals surface area contributed by atoms with Crippen molar-refractivity contribution in [3.63, 3.8) is 0 Å². The van der Waals surface area contributed by atoms with E-state index in [-0.39, 0.29) is 42.5 Å². The van der Waals surface area contributed by atoms with E-state index in [1.807, 2.05) is 81.1 Å². The van der Waals surface area contributed by atoms with Gasteiger partial charge in [-0.15, -0.1) is 21.5 Å². The first-order valence-corrected chi connectivity index (χ1v) is 25.7. The van der Waals surface area contributed by atoms with Crippen LogP contribution < -0.4 is 25.2 Å². The molecule has 0 spiro atoms. The van der Waals surface area contributed by atoms with Gasteiger partial charge < -0.3 is 49.7 Å². The fourth-order valence-electron chi connectivity index (χ4n) is 10.5. The van der Waals surface area contributed by atoms with Crippen LogP contribution in [0.15, 0.2) is 83.1 Å². The number of hydrogen-bond acceptors (Lipinski definition) is 17. The van der Waals surface area contributed by atoms with Crippen LogP contribution >= 0.6 is 11.3 Å². The number of aliphatic hydroxyl groups is 1. The van der Waals surface area contributed by atoms with Gasteiger partial charge in [-0.3, -0.25) is 9.59 Å². The third kappa shape index (κ3) is 10.7. The molecule has 6 aromatic rings. The number of likely N-dealkylation sites (tertiary alicyclic amines) is 2. The van der Waals surface area contributed by atoms with E-state index in [2.05, 4.69) is 45.7 Å². The fraction of sp³-hybridized carbons (Fsp3) is 0.462. The number of anilines is 3. The number of amides is 2. The molecule has 4 atom stereocenters. The minimum atomic E-state index is -0.808. The summed E-state index contributed by atoms with van der Waals surface area (Å²) < 4.78 is 11.7. The molecule has 0 radical (unpaired) electrons. The smallest absolute Gasteiger partial charge is 0.254 e. The number of thiazole rings is 1. The van der Waals surface area contributed by atoms with Crippen molar-refractivity contribution in [3.05, 3.63) is 101 Å². The Hall–Kier alpha value is -6.70. The van der Waals surface area contributed by atoms with Crippen molar-refractivity contribution in [2.75, 3.05) is 74.1 Å². The quantitative estimate of drug-likeness (QED) is 0.0792. The number of carbonyl (C=O) groups excluding carboxylic acids is 2. The molecule has 18 nitrogen and oxygen atoms in total. The van der Waals surface area contributed by atoms with Crippen LogP contribution in [0.4, 0.5) is 17.5 Å². The van der Waals surface area contributed by atoms with E-state index in [1.54, 1.807) is 29.5 Å². The highest BCUT2D eigenvalue weighted by Gasteiger charge is 2.43. The van der Waals surface area contributed by atoms with E-state index in [0.717, 1.165) is 111 Å². The predicted octanol–water partition coefficient (Wildman–Crippen LogP) is 6.24. The Morgan fingerprint density at radius 1 is 0.972 bits per heavy atom. The number of piperazine rings is 1. The molecule has 3 saturated heterocycles. The SMILES string of the molecule is Cc1ncsc1-c1ccc(CNC(=O)[C@@H]2C[C@@H](O)CN2C(=O)C(c2cc(OCCCCN3CCC(c4cnc(N5CCN6c7cc(-c8ccccc8O)nnc7NC[C@H]6C5)nc4)CC3)no2)C(C)C)cc1. The number of benzene rings is 2. The summed E-state index contributed by atoms with van der Waals surface area (Å²) in [6, 6.07) is 18.3. The number of unbranched alkanes of at least 4 members (excludes halogenated alkanes) is 1. The topological polar surface area (TPSA) is 211 Å². The van der Waals surface area contributed by atoms with Crippen molar-refractivity contribution < 1.29 is 29.1 Å². The molecule has 4 aliphatic heterocycles. The summed E-state index contributed by atoms with van der Waals surface area (Å²) in [7, 11) is 0. The molecule has 4 aromatic heterocycles. The standard InChI is InChI=1S/C52H62N12O6S/c1-32(2)47(51(68)64-30-39(65)22-43(64)50(67)54-25-34-10-12-36(13-11-34)48-33(3)57-31-71-48)45-24-46(60-70-45)69-21-7-6-16-61-17-14-35(15-18-61)37-26-55-52(56-27-37)62-19-20-63-38(29-62)28-53-49-42(63)23-41(58-59-49)40-8-4-5-9-44(40)66/h4-5,8-13,23-24,26-27,31-32,35,38-39,43,47,65-66H,6-7,14-22,25,28-30H2,1-3H3,(H,53,59)(H,54,67)/t38-,39+,43-,47?/m0/s1. The number of aliphatic hydroxyl groups excluding tert-OH is 1. The van der Waals surface area contributed by atoms with Crippen LogP contribution in [0.3, 0.4) is 0 Å². The van der Waals surface area contributed by atoms with Crippen LogP contribution in [0.1, 0.15) is 80.4 Å². The Morgan fingerprint density at radius 2 is 1.77 bits per heavy atom. The van der Waals surface area contributed by atoms with Gasteiger partial charge in [0.1, 0.15) is 17.7 Å². The highest BCUT2D eigenvalue weighted by Crippen LogP contribution is 2.37. The lowest BCUT2D eigenvalue weighted by molar-refractivity contribution is -0.141. The maximum Gasteiger partial charge on any atom is 0.254 e. The maximum atomic E-state index is 14.1. The number of phenols is 1. The van der Waals surface area contributed by atoms with E-state index >= 15 is 0 Å². The zero-order chi connectivity index (χ0) is 49.0. The average molecular weight is 983 g/mol. The van der Waals surface area contributed by atoms with Gasteiger partial charge in [-0.05, 0) is 104 Å². The van der Waals surface area contributed by atoms with E-state index < -0.39 is 18.1 Å². The minimum Gasteiger partial charge on any atom is -0.507 e. The first kappa shape index (κ1) is 48.0. The lowest BCUT2D eigenvalue weighted by Crippen LogP contribution is -2.58. The van der Waals surface area contributed by atoms with Gasteiger partial charge >= 0.3 is 0 Å². The monoisotopic (exact) mass is 982 g/mol. The van der Waals surface area contributed by atoms with Crippen molar-refractivity contribution in [2.24, 2.45) is 5.92 Å². The first-order chi connectivity index (χ1) is 34.6. The van der Waals surface area contributed by atoms with Crippen LogP contribution in [0, 0.1) is 12.8 Å². The lowest BCUT2D eigenvalue weighted by atomic mass is 9.91. The molecule has 0 aliphatic carbocycles. The number of nitrogens with zero attached hydrogens (tertiary/aromatic N) is 10. The van der Waals surface area contributed by atoms with Crippen LogP contribution in [0.2, 0.25) is 0 Å². The number of nitrogens with one attached hydrogen (secondary N) is 2. The van der Waals surface area contributed by atoms with Crippen LogP contribution in [0.25, 0.3) is 21.7 Å². The van der Waals surface area contributed by atoms with E-state index in [4.69, 9.17) is 19.2 Å². The molecule has 4 aliphatic rings. The van der Waals surface area contributed by atoms with Crippen molar-refractivity contribution >= 4 is 40.6 Å². The summed E-state index contributed by atoms with van der Waals surface area (Å²) in [5, 5.41) is 40.5. The Bertz CT molecular complexity index is 2780. The number of phenolic OH excluding ortho intramolecular Hbond substituents is 1. The molecule has 71 heavy (non-hydrogen) atoms. The number of aryl methyl sites for hydroxylation is 1. The number of para-hydroxylation sites is 1.